The highest BCUT2D eigenvalue weighted by molar-refractivity contribution is 7.89. The van der Waals surface area contributed by atoms with Crippen LogP contribution in [0.2, 0.25) is 0 Å². The van der Waals surface area contributed by atoms with Crippen molar-refractivity contribution in [2.45, 2.75) is 37.5 Å². The lowest BCUT2D eigenvalue weighted by Gasteiger charge is -2.14. The van der Waals surface area contributed by atoms with Crippen LogP contribution in [-0.4, -0.2) is 19.9 Å². The van der Waals surface area contributed by atoms with Crippen LogP contribution in [0.3, 0.4) is 0 Å². The maximum Gasteiger partial charge on any atom is 0.242 e. The molecule has 0 bridgehead atoms. The smallest absolute Gasteiger partial charge is 0.242 e. The molecule has 0 spiro atoms. The SMILES string of the molecule is CC(C)(C)c1csc(CCNS(=O)(=O)c2cccc3c2N=S=N3)n1. The number of hydrogen-bond acceptors (Lipinski definition) is 6. The molecule has 1 aliphatic rings. The van der Waals surface area contributed by atoms with Gasteiger partial charge in [0.25, 0.3) is 0 Å². The van der Waals surface area contributed by atoms with Crippen molar-refractivity contribution in [3.63, 3.8) is 0 Å². The molecule has 0 aliphatic carbocycles. The Labute approximate surface area is 149 Å². The van der Waals surface area contributed by atoms with E-state index in [1.54, 1.807) is 29.5 Å². The first-order valence-corrected chi connectivity index (χ1v) is 10.5. The first kappa shape index (κ1) is 17.4. The van der Waals surface area contributed by atoms with Crippen LogP contribution in [0.15, 0.2) is 37.2 Å². The molecule has 0 radical (unpaired) electrons. The summed E-state index contributed by atoms with van der Waals surface area (Å²) in [4.78, 5) is 4.75. The van der Waals surface area contributed by atoms with Crippen molar-refractivity contribution < 1.29 is 8.42 Å². The van der Waals surface area contributed by atoms with E-state index in [1.165, 1.54) is 0 Å². The van der Waals surface area contributed by atoms with Gasteiger partial charge in [-0.15, -0.1) is 11.3 Å². The number of fused-ring (bicyclic) bond motifs is 1. The van der Waals surface area contributed by atoms with Crippen LogP contribution in [0.25, 0.3) is 0 Å². The lowest BCUT2D eigenvalue weighted by atomic mass is 9.93. The van der Waals surface area contributed by atoms with Gasteiger partial charge in [0.05, 0.1) is 22.1 Å². The van der Waals surface area contributed by atoms with Gasteiger partial charge in [0, 0.05) is 23.8 Å². The zero-order valence-electron chi connectivity index (χ0n) is 13.6. The predicted octanol–water partition coefficient (Wildman–Crippen LogP) is 3.69. The number of sulfonamides is 1. The van der Waals surface area contributed by atoms with Gasteiger partial charge in [0.1, 0.15) is 16.3 Å². The molecular weight excluding hydrogens is 364 g/mol. The second-order valence-corrected chi connectivity index (χ2v) is 9.62. The maximum absolute atomic E-state index is 12.5. The highest BCUT2D eigenvalue weighted by Gasteiger charge is 2.22. The van der Waals surface area contributed by atoms with Crippen molar-refractivity contribution in [3.8, 4) is 0 Å². The molecule has 2 aromatic rings. The Balaban J connectivity index is 1.68. The highest BCUT2D eigenvalue weighted by Crippen LogP contribution is 2.37. The van der Waals surface area contributed by atoms with E-state index in [1.807, 2.05) is 5.38 Å². The van der Waals surface area contributed by atoms with Gasteiger partial charge < -0.3 is 0 Å². The molecule has 1 N–H and O–H groups in total. The van der Waals surface area contributed by atoms with Crippen LogP contribution in [0.4, 0.5) is 11.4 Å². The fraction of sp³-hybridized carbons (Fsp3) is 0.400. The van der Waals surface area contributed by atoms with Crippen LogP contribution in [-0.2, 0) is 33.2 Å². The molecule has 0 fully saturated rings. The van der Waals surface area contributed by atoms with Gasteiger partial charge in [-0.05, 0) is 12.1 Å². The monoisotopic (exact) mass is 382 g/mol. The fourth-order valence-electron chi connectivity index (χ4n) is 2.14. The van der Waals surface area contributed by atoms with Crippen molar-refractivity contribution >= 4 is 44.1 Å². The number of benzene rings is 1. The van der Waals surface area contributed by atoms with Gasteiger partial charge in [-0.3, -0.25) is 0 Å². The zero-order chi connectivity index (χ0) is 17.4. The molecule has 3 rings (SSSR count). The van der Waals surface area contributed by atoms with Crippen molar-refractivity contribution in [2.24, 2.45) is 8.73 Å². The van der Waals surface area contributed by atoms with E-state index < -0.39 is 10.0 Å². The molecular formula is C15H18N4O2S3. The highest BCUT2D eigenvalue weighted by atomic mass is 32.2. The van der Waals surface area contributed by atoms with Crippen LogP contribution in [0.5, 0.6) is 0 Å². The fourth-order valence-corrected chi connectivity index (χ4v) is 4.96. The van der Waals surface area contributed by atoms with Crippen LogP contribution in [0.1, 0.15) is 31.5 Å². The minimum Gasteiger partial charge on any atom is -0.246 e. The molecule has 24 heavy (non-hydrogen) atoms. The minimum absolute atomic E-state index is 0.00151. The van der Waals surface area contributed by atoms with Gasteiger partial charge in [-0.2, -0.15) is 8.73 Å². The quantitative estimate of drug-likeness (QED) is 0.730. The lowest BCUT2D eigenvalue weighted by molar-refractivity contribution is 0.569. The van der Waals surface area contributed by atoms with E-state index in [9.17, 15) is 8.42 Å². The van der Waals surface area contributed by atoms with Gasteiger partial charge in [0.2, 0.25) is 10.0 Å². The molecule has 1 aromatic heterocycles. The van der Waals surface area contributed by atoms with E-state index in [4.69, 9.17) is 0 Å². The third-order valence-corrected chi connectivity index (χ3v) is 6.43. The lowest BCUT2D eigenvalue weighted by Crippen LogP contribution is -2.26. The van der Waals surface area contributed by atoms with Gasteiger partial charge >= 0.3 is 0 Å². The second-order valence-electron chi connectivity index (χ2n) is 6.41. The molecule has 6 nitrogen and oxygen atoms in total. The largest absolute Gasteiger partial charge is 0.246 e. The first-order valence-electron chi connectivity index (χ1n) is 7.43. The summed E-state index contributed by atoms with van der Waals surface area (Å²) in [6.07, 6.45) is 0.561. The minimum atomic E-state index is -3.62. The summed E-state index contributed by atoms with van der Waals surface area (Å²) in [6.45, 7) is 6.62. The van der Waals surface area contributed by atoms with E-state index >= 15 is 0 Å². The first-order chi connectivity index (χ1) is 11.3. The standard InChI is InChI=1S/C15H18N4O2S3/c1-15(2,3)12-9-22-13(17-12)7-8-16-24(20,21)11-6-4-5-10-14(11)19-23-18-10/h4-6,9,16H,7-8H2,1-3H3. The van der Waals surface area contributed by atoms with Crippen molar-refractivity contribution in [2.75, 3.05) is 6.54 Å². The second kappa shape index (κ2) is 6.47. The molecule has 0 saturated heterocycles. The van der Waals surface area contributed by atoms with E-state index in [0.717, 1.165) is 22.1 Å². The molecule has 0 unspecified atom stereocenters. The molecule has 0 atom stereocenters. The third kappa shape index (κ3) is 3.64. The third-order valence-electron chi connectivity index (χ3n) is 3.49. The van der Waals surface area contributed by atoms with Crippen molar-refractivity contribution in [1.29, 1.82) is 0 Å². The van der Waals surface area contributed by atoms with E-state index in [0.29, 0.717) is 24.3 Å². The topological polar surface area (TPSA) is 83.8 Å². The Bertz CT molecular complexity index is 936. The average Bonchev–Trinajstić information content (AvgIpc) is 3.14. The normalized spacial score (nSPS) is 13.8. The maximum atomic E-state index is 12.5. The number of nitrogens with zero attached hydrogens (tertiary/aromatic N) is 3. The number of nitrogens with one attached hydrogen (secondary N) is 1. The molecule has 2 heterocycles. The summed E-state index contributed by atoms with van der Waals surface area (Å²) >= 11 is 2.57. The zero-order valence-corrected chi connectivity index (χ0v) is 16.1. The summed E-state index contributed by atoms with van der Waals surface area (Å²) in [6, 6.07) is 4.98. The summed E-state index contributed by atoms with van der Waals surface area (Å²) < 4.78 is 35.8. The Morgan fingerprint density at radius 3 is 2.71 bits per heavy atom. The summed E-state index contributed by atoms with van der Waals surface area (Å²) in [5.41, 5.74) is 2.04. The number of hydrogen-bond donors (Lipinski definition) is 1. The van der Waals surface area contributed by atoms with E-state index in [2.05, 4.69) is 39.2 Å². The number of aromatic nitrogens is 1. The Morgan fingerprint density at radius 1 is 1.21 bits per heavy atom. The van der Waals surface area contributed by atoms with Crippen LogP contribution >= 0.6 is 11.3 Å². The molecule has 128 valence electrons. The molecule has 1 aromatic carbocycles. The van der Waals surface area contributed by atoms with E-state index in [-0.39, 0.29) is 10.3 Å². The molecule has 0 amide bonds. The Hall–Kier alpha value is -1.42. The van der Waals surface area contributed by atoms with Gasteiger partial charge in [-0.25, -0.2) is 18.1 Å². The number of rotatable bonds is 5. The van der Waals surface area contributed by atoms with Gasteiger partial charge in [0.15, 0.2) is 0 Å². The van der Waals surface area contributed by atoms with Crippen LogP contribution in [0, 0.1) is 0 Å². The Morgan fingerprint density at radius 2 is 2.00 bits per heavy atom. The predicted molar refractivity (Wildman–Crippen MR) is 97.7 cm³/mol. The Kier molecular flexibility index (Phi) is 4.69. The summed E-state index contributed by atoms with van der Waals surface area (Å²) in [7, 11) is -3.62. The molecule has 1 aliphatic heterocycles. The summed E-state index contributed by atoms with van der Waals surface area (Å²) in [5, 5.41) is 2.96. The van der Waals surface area contributed by atoms with Crippen molar-refractivity contribution in [1.82, 2.24) is 9.71 Å². The molecule has 0 saturated carbocycles. The average molecular weight is 383 g/mol. The van der Waals surface area contributed by atoms with Gasteiger partial charge in [-0.1, -0.05) is 26.8 Å². The van der Waals surface area contributed by atoms with Crippen LogP contribution < -0.4 is 4.72 Å². The summed E-state index contributed by atoms with van der Waals surface area (Å²) in [5.74, 6) is 0. The van der Waals surface area contributed by atoms with Crippen molar-refractivity contribution in [3.05, 3.63) is 34.3 Å². The molecule has 9 heteroatoms. The number of thiazole rings is 1.